The van der Waals surface area contributed by atoms with Crippen LogP contribution in [0.2, 0.25) is 0 Å². The number of alkyl halides is 3. The molecule has 0 aliphatic heterocycles. The maximum Gasteiger partial charge on any atom is 0.435 e. The van der Waals surface area contributed by atoms with Crippen LogP contribution < -0.4 is 16.4 Å². The van der Waals surface area contributed by atoms with Crippen molar-refractivity contribution < 1.29 is 22.4 Å². The molecule has 1 amide bonds. The molecule has 0 radical (unpaired) electrons. The van der Waals surface area contributed by atoms with E-state index in [-0.39, 0.29) is 53.1 Å². The Hall–Kier alpha value is -4.44. The zero-order valence-corrected chi connectivity index (χ0v) is 19.8. The van der Waals surface area contributed by atoms with Gasteiger partial charge < -0.3 is 16.4 Å². The van der Waals surface area contributed by atoms with Crippen molar-refractivity contribution in [2.45, 2.75) is 32.6 Å². The van der Waals surface area contributed by atoms with Gasteiger partial charge >= 0.3 is 6.18 Å². The molecule has 9 nitrogen and oxygen atoms in total. The van der Waals surface area contributed by atoms with Crippen LogP contribution in [0, 0.1) is 25.1 Å². The van der Waals surface area contributed by atoms with Gasteiger partial charge in [0.05, 0.1) is 23.0 Å². The first kappa shape index (κ1) is 25.6. The van der Waals surface area contributed by atoms with Gasteiger partial charge in [-0.05, 0) is 31.5 Å². The number of terminal acetylenes is 1. The topological polar surface area (TPSA) is 115 Å². The molecule has 37 heavy (non-hydrogen) atoms. The standard InChI is InChI=1S/C24H22F4N8O/c1-4-6-35-12-16(20(34-35)24(26,27)28)18-11-31-22-21(30-5-7-36(18)22)33-15-8-13(2)19(17(25)9-15)23(37)32-14(3)10-29/h1,5,7-9,11-12,14H,6,10,29H2,2-3H3,(H,30,33)(H,32,37). The number of nitrogens with zero attached hydrogens (tertiary/aromatic N) is 5. The summed E-state index contributed by atoms with van der Waals surface area (Å²) in [5.41, 5.74) is 4.99. The number of aryl methyl sites for hydroxylation is 1. The van der Waals surface area contributed by atoms with Crippen molar-refractivity contribution in [1.82, 2.24) is 29.5 Å². The Morgan fingerprint density at radius 3 is 2.70 bits per heavy atom. The van der Waals surface area contributed by atoms with E-state index >= 15 is 0 Å². The Kier molecular flexibility index (Phi) is 6.86. The number of anilines is 2. The van der Waals surface area contributed by atoms with Gasteiger partial charge in [-0.25, -0.2) is 14.4 Å². The minimum atomic E-state index is -4.72. The molecule has 4 N–H and O–H groups in total. The summed E-state index contributed by atoms with van der Waals surface area (Å²) in [6.45, 7) is 3.33. The van der Waals surface area contributed by atoms with Gasteiger partial charge in [0.2, 0.25) is 0 Å². The molecule has 0 aliphatic carbocycles. The molecule has 4 aromatic rings. The zero-order valence-electron chi connectivity index (χ0n) is 19.8. The normalized spacial score (nSPS) is 12.4. The molecule has 192 valence electrons. The van der Waals surface area contributed by atoms with E-state index in [1.807, 2.05) is 0 Å². The lowest BCUT2D eigenvalue weighted by Crippen LogP contribution is -2.38. The second-order valence-corrected chi connectivity index (χ2v) is 8.29. The van der Waals surface area contributed by atoms with Crippen molar-refractivity contribution >= 4 is 23.1 Å². The van der Waals surface area contributed by atoms with Crippen molar-refractivity contribution in [3.05, 3.63) is 59.6 Å². The molecule has 0 aliphatic rings. The Bertz CT molecular complexity index is 1490. The molecule has 4 rings (SSSR count). The lowest BCUT2D eigenvalue weighted by Gasteiger charge is -2.15. The van der Waals surface area contributed by atoms with Gasteiger partial charge in [0, 0.05) is 36.9 Å². The van der Waals surface area contributed by atoms with Crippen molar-refractivity contribution in [3.8, 4) is 23.6 Å². The number of carbonyl (C=O) groups is 1. The number of hydrogen-bond donors (Lipinski definition) is 3. The van der Waals surface area contributed by atoms with E-state index in [0.29, 0.717) is 5.56 Å². The lowest BCUT2D eigenvalue weighted by molar-refractivity contribution is -0.141. The van der Waals surface area contributed by atoms with E-state index in [2.05, 4.69) is 31.6 Å². The fourth-order valence-corrected chi connectivity index (χ4v) is 3.79. The number of halogens is 4. The number of carbonyl (C=O) groups excluding carboxylic acids is 1. The summed E-state index contributed by atoms with van der Waals surface area (Å²) in [6.07, 6.45) is 5.76. The summed E-state index contributed by atoms with van der Waals surface area (Å²) in [6, 6.07) is 2.33. The summed E-state index contributed by atoms with van der Waals surface area (Å²) in [7, 11) is 0. The van der Waals surface area contributed by atoms with Crippen LogP contribution in [0.1, 0.15) is 28.5 Å². The Labute approximate surface area is 208 Å². The molecule has 1 atom stereocenters. The summed E-state index contributed by atoms with van der Waals surface area (Å²) < 4.78 is 58.3. The lowest BCUT2D eigenvalue weighted by atomic mass is 10.1. The quantitative estimate of drug-likeness (QED) is 0.257. The third kappa shape index (κ3) is 5.10. The molecule has 0 bridgehead atoms. The first-order valence-corrected chi connectivity index (χ1v) is 11.0. The fraction of sp³-hybridized carbons (Fsp3) is 0.250. The third-order valence-electron chi connectivity index (χ3n) is 5.50. The van der Waals surface area contributed by atoms with Crippen LogP contribution in [0.25, 0.3) is 16.9 Å². The van der Waals surface area contributed by atoms with Gasteiger partial charge in [-0.1, -0.05) is 5.92 Å². The number of rotatable bonds is 7. The van der Waals surface area contributed by atoms with E-state index in [4.69, 9.17) is 12.2 Å². The van der Waals surface area contributed by atoms with E-state index in [1.165, 1.54) is 29.2 Å². The van der Waals surface area contributed by atoms with E-state index in [9.17, 15) is 22.4 Å². The number of hydrogen-bond acceptors (Lipinski definition) is 6. The van der Waals surface area contributed by atoms with E-state index in [1.54, 1.807) is 19.9 Å². The molecule has 3 aromatic heterocycles. The number of imidazole rings is 1. The Morgan fingerprint density at radius 1 is 1.30 bits per heavy atom. The number of amides is 1. The Balaban J connectivity index is 1.71. The highest BCUT2D eigenvalue weighted by molar-refractivity contribution is 5.96. The van der Waals surface area contributed by atoms with Crippen LogP contribution in [0.5, 0.6) is 0 Å². The minimum absolute atomic E-state index is 0.111. The Morgan fingerprint density at radius 2 is 2.05 bits per heavy atom. The monoisotopic (exact) mass is 514 g/mol. The molecule has 1 unspecified atom stereocenters. The number of nitrogens with one attached hydrogen (secondary N) is 2. The third-order valence-corrected chi connectivity index (χ3v) is 5.50. The van der Waals surface area contributed by atoms with Crippen molar-refractivity contribution in [1.29, 1.82) is 0 Å². The SMILES string of the molecule is C#CCn1cc(-c2cnc3c(Nc4cc(C)c(C(=O)NC(C)CN)c(F)c4)nccn23)c(C(F)(F)F)n1. The number of benzene rings is 1. The number of nitrogens with two attached hydrogens (primary N) is 1. The van der Waals surface area contributed by atoms with Crippen LogP contribution in [-0.2, 0) is 12.7 Å². The predicted octanol–water partition coefficient (Wildman–Crippen LogP) is 3.51. The predicted molar refractivity (Wildman–Crippen MR) is 128 cm³/mol. The molecule has 0 saturated carbocycles. The highest BCUT2D eigenvalue weighted by atomic mass is 19.4. The van der Waals surface area contributed by atoms with E-state index in [0.717, 1.165) is 10.7 Å². The molecule has 0 saturated heterocycles. The van der Waals surface area contributed by atoms with Crippen LogP contribution in [-0.4, -0.2) is 42.6 Å². The van der Waals surface area contributed by atoms with Gasteiger partial charge in [-0.2, -0.15) is 18.3 Å². The van der Waals surface area contributed by atoms with Crippen LogP contribution in [0.15, 0.2) is 36.9 Å². The second-order valence-electron chi connectivity index (χ2n) is 8.29. The maximum absolute atomic E-state index is 14.9. The second kappa shape index (κ2) is 9.90. The maximum atomic E-state index is 14.9. The summed E-state index contributed by atoms with van der Waals surface area (Å²) in [4.78, 5) is 20.9. The molecule has 0 spiro atoms. The molecule has 3 heterocycles. The molecular weight excluding hydrogens is 492 g/mol. The number of fused-ring (bicyclic) bond motifs is 1. The summed E-state index contributed by atoms with van der Waals surface area (Å²) in [5, 5.41) is 9.13. The molecule has 1 aromatic carbocycles. The average molecular weight is 514 g/mol. The summed E-state index contributed by atoms with van der Waals surface area (Å²) >= 11 is 0. The van der Waals surface area contributed by atoms with Crippen molar-refractivity contribution in [3.63, 3.8) is 0 Å². The first-order chi connectivity index (χ1) is 17.5. The minimum Gasteiger partial charge on any atom is -0.348 e. The smallest absolute Gasteiger partial charge is 0.348 e. The summed E-state index contributed by atoms with van der Waals surface area (Å²) in [5.74, 6) is 1.05. The van der Waals surface area contributed by atoms with Gasteiger partial charge in [0.15, 0.2) is 17.2 Å². The van der Waals surface area contributed by atoms with Gasteiger partial charge in [-0.15, -0.1) is 6.42 Å². The van der Waals surface area contributed by atoms with E-state index < -0.39 is 23.6 Å². The van der Waals surface area contributed by atoms with Crippen LogP contribution in [0.3, 0.4) is 0 Å². The van der Waals surface area contributed by atoms with Crippen molar-refractivity contribution in [2.24, 2.45) is 5.73 Å². The highest BCUT2D eigenvalue weighted by Crippen LogP contribution is 2.37. The largest absolute Gasteiger partial charge is 0.435 e. The van der Waals surface area contributed by atoms with Gasteiger partial charge in [0.1, 0.15) is 12.4 Å². The first-order valence-electron chi connectivity index (χ1n) is 11.0. The fourth-order valence-electron chi connectivity index (χ4n) is 3.79. The average Bonchev–Trinajstić information content (AvgIpc) is 3.43. The molecule has 13 heteroatoms. The molecule has 0 fully saturated rings. The van der Waals surface area contributed by atoms with Crippen LogP contribution >= 0.6 is 0 Å². The van der Waals surface area contributed by atoms with Crippen molar-refractivity contribution in [2.75, 3.05) is 11.9 Å². The van der Waals surface area contributed by atoms with Crippen LogP contribution in [0.4, 0.5) is 29.1 Å². The van der Waals surface area contributed by atoms with Gasteiger partial charge in [-0.3, -0.25) is 13.9 Å². The zero-order chi connectivity index (χ0) is 26.9. The molecular formula is C24H22F4N8O. The highest BCUT2D eigenvalue weighted by Gasteiger charge is 2.38. The number of aromatic nitrogens is 5. The van der Waals surface area contributed by atoms with Gasteiger partial charge in [0.25, 0.3) is 5.91 Å².